The Labute approximate surface area is 141 Å². The molecule has 3 rings (SSSR count). The Hall–Kier alpha value is -1.46. The molecule has 23 heavy (non-hydrogen) atoms. The Morgan fingerprint density at radius 1 is 0.957 bits per heavy atom. The van der Waals surface area contributed by atoms with Gasteiger partial charge in [0.05, 0.1) is 5.92 Å². The molecule has 1 aliphatic carbocycles. The highest BCUT2D eigenvalue weighted by atomic mass is 31.1. The molecule has 2 heteroatoms. The van der Waals surface area contributed by atoms with Crippen molar-refractivity contribution in [2.24, 2.45) is 5.92 Å². The third kappa shape index (κ3) is 2.76. The summed E-state index contributed by atoms with van der Waals surface area (Å²) < 4.78 is 0. The summed E-state index contributed by atoms with van der Waals surface area (Å²) in [5, 5.41) is 2.37. The lowest BCUT2D eigenvalue weighted by Gasteiger charge is -2.35. The Morgan fingerprint density at radius 3 is 2.26 bits per heavy atom. The lowest BCUT2D eigenvalue weighted by Crippen LogP contribution is -2.35. The summed E-state index contributed by atoms with van der Waals surface area (Å²) in [6.07, 6.45) is 8.17. The van der Waals surface area contributed by atoms with E-state index >= 15 is 0 Å². The average Bonchev–Trinajstić information content (AvgIpc) is 2.44. The molecule has 0 amide bonds. The minimum atomic E-state index is -0.0783. The van der Waals surface area contributed by atoms with Crippen LogP contribution in [0.5, 0.6) is 0 Å². The van der Waals surface area contributed by atoms with Gasteiger partial charge in [0.1, 0.15) is 0 Å². The SMILES string of the molecule is CC(C)(C)c1ccc2c(c1C(C)(C)C)C(=O)C1C=CC=CC1=P2. The van der Waals surface area contributed by atoms with Gasteiger partial charge in [0.2, 0.25) is 0 Å². The average molecular weight is 324 g/mol. The zero-order valence-corrected chi connectivity index (χ0v) is 15.8. The van der Waals surface area contributed by atoms with E-state index in [1.54, 1.807) is 0 Å². The van der Waals surface area contributed by atoms with Crippen molar-refractivity contribution in [2.75, 3.05) is 0 Å². The number of benzene rings is 1. The van der Waals surface area contributed by atoms with Gasteiger partial charge in [-0.1, -0.05) is 80.1 Å². The Balaban J connectivity index is 2.35. The third-order valence-electron chi connectivity index (χ3n) is 4.52. The van der Waals surface area contributed by atoms with Crippen molar-refractivity contribution in [2.45, 2.75) is 52.4 Å². The van der Waals surface area contributed by atoms with Crippen LogP contribution in [0.15, 0.2) is 36.4 Å². The number of ketones is 1. The van der Waals surface area contributed by atoms with Crippen molar-refractivity contribution >= 4 is 24.6 Å². The molecule has 1 aromatic rings. The molecule has 0 saturated carbocycles. The third-order valence-corrected chi connectivity index (χ3v) is 5.82. The topological polar surface area (TPSA) is 17.1 Å². The minimum absolute atomic E-state index is 0.0289. The van der Waals surface area contributed by atoms with E-state index in [9.17, 15) is 4.79 Å². The molecule has 1 aromatic carbocycles. The van der Waals surface area contributed by atoms with E-state index in [0.29, 0.717) is 0 Å². The summed E-state index contributed by atoms with van der Waals surface area (Å²) in [6, 6.07) is 4.41. The molecule has 1 heterocycles. The summed E-state index contributed by atoms with van der Waals surface area (Å²) >= 11 is 0. The van der Waals surface area contributed by atoms with Gasteiger partial charge in [0.15, 0.2) is 5.78 Å². The monoisotopic (exact) mass is 324 g/mol. The van der Waals surface area contributed by atoms with E-state index in [-0.39, 0.29) is 22.5 Å². The normalized spacial score (nSPS) is 20.9. The molecule has 1 nitrogen and oxygen atoms in total. The molecule has 1 aliphatic heterocycles. The number of allylic oxidation sites excluding steroid dienone is 4. The van der Waals surface area contributed by atoms with Crippen LogP contribution in [0.1, 0.15) is 63.0 Å². The smallest absolute Gasteiger partial charge is 0.175 e. The van der Waals surface area contributed by atoms with Gasteiger partial charge in [-0.05, 0) is 33.3 Å². The van der Waals surface area contributed by atoms with E-state index in [4.69, 9.17) is 0 Å². The van der Waals surface area contributed by atoms with Crippen LogP contribution in [0.3, 0.4) is 0 Å². The van der Waals surface area contributed by atoms with Gasteiger partial charge in [-0.3, -0.25) is 4.79 Å². The van der Waals surface area contributed by atoms with Crippen molar-refractivity contribution in [1.82, 2.24) is 0 Å². The van der Waals surface area contributed by atoms with Crippen LogP contribution in [-0.4, -0.2) is 11.1 Å². The number of fused-ring (bicyclic) bond motifs is 2. The van der Waals surface area contributed by atoms with Crippen LogP contribution in [0.4, 0.5) is 0 Å². The van der Waals surface area contributed by atoms with Gasteiger partial charge in [0, 0.05) is 10.9 Å². The van der Waals surface area contributed by atoms with Crippen LogP contribution in [0, 0.1) is 5.92 Å². The van der Waals surface area contributed by atoms with E-state index in [2.05, 4.69) is 59.8 Å². The molecule has 0 fully saturated rings. The van der Waals surface area contributed by atoms with E-state index < -0.39 is 0 Å². The van der Waals surface area contributed by atoms with Gasteiger partial charge in [-0.25, -0.2) is 0 Å². The van der Waals surface area contributed by atoms with Crippen LogP contribution >= 0.6 is 8.20 Å². The highest BCUT2D eigenvalue weighted by Crippen LogP contribution is 2.39. The van der Waals surface area contributed by atoms with Crippen molar-refractivity contribution in [3.05, 3.63) is 53.1 Å². The first-order valence-corrected chi connectivity index (χ1v) is 9.16. The first-order valence-electron chi connectivity index (χ1n) is 8.26. The number of carbonyl (C=O) groups is 1. The second kappa shape index (κ2) is 5.28. The van der Waals surface area contributed by atoms with Crippen molar-refractivity contribution < 1.29 is 4.79 Å². The minimum Gasteiger partial charge on any atom is -0.293 e. The van der Waals surface area contributed by atoms with E-state index in [0.717, 1.165) is 5.56 Å². The maximum Gasteiger partial charge on any atom is 0.175 e. The first-order chi connectivity index (χ1) is 10.6. The number of hydrogen-bond acceptors (Lipinski definition) is 1. The molecule has 1 unspecified atom stereocenters. The van der Waals surface area contributed by atoms with Crippen molar-refractivity contribution in [3.63, 3.8) is 0 Å². The Morgan fingerprint density at radius 2 is 1.65 bits per heavy atom. The van der Waals surface area contributed by atoms with Crippen molar-refractivity contribution in [1.29, 1.82) is 0 Å². The highest BCUT2D eigenvalue weighted by molar-refractivity contribution is 7.50. The fraction of sp³-hybridized carbons (Fsp3) is 0.429. The summed E-state index contributed by atoms with van der Waals surface area (Å²) in [4.78, 5) is 13.3. The van der Waals surface area contributed by atoms with E-state index in [1.165, 1.54) is 29.9 Å². The van der Waals surface area contributed by atoms with Gasteiger partial charge in [-0.2, -0.15) is 0 Å². The second-order valence-corrected chi connectivity index (χ2v) is 9.73. The summed E-state index contributed by atoms with van der Waals surface area (Å²) in [5.41, 5.74) is 3.49. The van der Waals surface area contributed by atoms with Crippen molar-refractivity contribution in [3.8, 4) is 0 Å². The predicted octanol–water partition coefficient (Wildman–Crippen LogP) is 4.96. The molecular weight excluding hydrogens is 299 g/mol. The maximum atomic E-state index is 13.3. The van der Waals surface area contributed by atoms with Crippen LogP contribution in [-0.2, 0) is 10.8 Å². The molecule has 120 valence electrons. The van der Waals surface area contributed by atoms with Gasteiger partial charge < -0.3 is 0 Å². The zero-order chi connectivity index (χ0) is 17.0. The predicted molar refractivity (Wildman–Crippen MR) is 102 cm³/mol. The molecule has 0 N–H and O–H groups in total. The molecule has 0 aromatic heterocycles. The van der Waals surface area contributed by atoms with E-state index in [1.807, 2.05) is 18.2 Å². The number of rotatable bonds is 0. The molecule has 0 spiro atoms. The highest BCUT2D eigenvalue weighted by Gasteiger charge is 2.36. The quantitative estimate of drug-likeness (QED) is 0.616. The molecular formula is C21H25OP. The number of carbonyl (C=O) groups excluding carboxylic acids is 1. The largest absolute Gasteiger partial charge is 0.293 e. The van der Waals surface area contributed by atoms with Gasteiger partial charge in [-0.15, -0.1) is 0 Å². The standard InChI is InChI=1S/C21H25OP/c1-20(2,3)14-11-12-16-17(18(14)21(4,5)6)19(22)13-9-7-8-10-15(13)23-16/h7-13H,1-6H3. The molecule has 1 atom stereocenters. The fourth-order valence-electron chi connectivity index (χ4n) is 3.49. The number of Topliss-reactive ketones (excluding diaryl/α,β-unsaturated/α-hetero) is 1. The maximum absolute atomic E-state index is 13.3. The first kappa shape index (κ1) is 16.4. The second-order valence-electron chi connectivity index (χ2n) is 8.50. The fourth-order valence-corrected chi connectivity index (χ4v) is 4.76. The molecule has 0 radical (unpaired) electrons. The lowest BCUT2D eigenvalue weighted by molar-refractivity contribution is 0.0971. The van der Waals surface area contributed by atoms with Crippen LogP contribution < -0.4 is 5.30 Å². The summed E-state index contributed by atoms with van der Waals surface area (Å²) in [5.74, 6) is 0.191. The van der Waals surface area contributed by atoms with Gasteiger partial charge >= 0.3 is 0 Å². The molecule has 0 saturated heterocycles. The Kier molecular flexibility index (Phi) is 3.76. The molecule has 2 aliphatic rings. The Bertz CT molecular complexity index is 764. The lowest BCUT2D eigenvalue weighted by atomic mass is 9.71. The molecule has 0 bridgehead atoms. The van der Waals surface area contributed by atoms with Crippen LogP contribution in [0.2, 0.25) is 0 Å². The number of hydrogen-bond donors (Lipinski definition) is 0. The van der Waals surface area contributed by atoms with Crippen LogP contribution in [0.25, 0.3) is 0 Å². The zero-order valence-electron chi connectivity index (χ0n) is 14.9. The van der Waals surface area contributed by atoms with Gasteiger partial charge in [0.25, 0.3) is 0 Å². The summed E-state index contributed by atoms with van der Waals surface area (Å²) in [7, 11) is 1.18. The summed E-state index contributed by atoms with van der Waals surface area (Å²) in [6.45, 7) is 13.4.